The van der Waals surface area contributed by atoms with Crippen LogP contribution in [0.3, 0.4) is 0 Å². The summed E-state index contributed by atoms with van der Waals surface area (Å²) in [4.78, 5) is 24.5. The topological polar surface area (TPSA) is 159 Å². The average molecular weight is 547 g/mol. The molecule has 2 amide bonds. The Bertz CT molecular complexity index is 1500. The highest BCUT2D eigenvalue weighted by molar-refractivity contribution is 5.99. The predicted octanol–water partition coefficient (Wildman–Crippen LogP) is 2.69. The second kappa shape index (κ2) is 12.7. The van der Waals surface area contributed by atoms with Crippen LogP contribution in [0.25, 0.3) is 10.9 Å². The van der Waals surface area contributed by atoms with Crippen LogP contribution in [0.2, 0.25) is 0 Å². The van der Waals surface area contributed by atoms with Gasteiger partial charge in [0.25, 0.3) is 0 Å². The number of para-hydroxylation sites is 1. The minimum Gasteiger partial charge on any atom is -0.490 e. The van der Waals surface area contributed by atoms with Gasteiger partial charge >= 0.3 is 12.0 Å². The van der Waals surface area contributed by atoms with Gasteiger partial charge in [-0.25, -0.2) is 9.59 Å². The van der Waals surface area contributed by atoms with E-state index < -0.39 is 24.3 Å². The Morgan fingerprint density at radius 3 is 2.83 bits per heavy atom. The number of aliphatic hydroxyl groups is 1. The van der Waals surface area contributed by atoms with Gasteiger partial charge in [0, 0.05) is 28.4 Å². The number of aliphatic hydroxyl groups excluding tert-OH is 1. The standard InChI is InChI=1S/C28H30N6O6/c1-4-39-23-13-18(26-25(27(36)38-3)17(2)31-28(37)32-26)9-10-22(23)40-16-24(35)33-30-14-19-15-34(12-11-29)21-8-6-5-7-20(19)21/h5-10,13-15,24,26,33,35H,4,12,16H2,1-3H3,(H2,31,32,37)/b30-14+/t24-,26+/m0/s1. The normalized spacial score (nSPS) is 15.8. The number of hydrogen-bond acceptors (Lipinski definition) is 9. The van der Waals surface area contributed by atoms with Crippen molar-refractivity contribution in [2.75, 3.05) is 20.3 Å². The molecule has 12 nitrogen and oxygen atoms in total. The summed E-state index contributed by atoms with van der Waals surface area (Å²) in [7, 11) is 1.27. The van der Waals surface area contributed by atoms with E-state index in [9.17, 15) is 14.7 Å². The van der Waals surface area contributed by atoms with Gasteiger partial charge in [-0.1, -0.05) is 24.3 Å². The zero-order valence-electron chi connectivity index (χ0n) is 22.3. The molecule has 0 bridgehead atoms. The summed E-state index contributed by atoms with van der Waals surface area (Å²) in [5.74, 6) is 0.156. The van der Waals surface area contributed by atoms with E-state index in [-0.39, 0.29) is 18.7 Å². The molecule has 2 aromatic carbocycles. The molecule has 1 aliphatic heterocycles. The molecule has 0 radical (unpaired) electrons. The van der Waals surface area contributed by atoms with Gasteiger partial charge in [-0.3, -0.25) is 5.43 Å². The second-order valence-electron chi connectivity index (χ2n) is 8.80. The van der Waals surface area contributed by atoms with Gasteiger partial charge in [0.15, 0.2) is 17.7 Å². The molecule has 40 heavy (non-hydrogen) atoms. The molecule has 0 aliphatic carbocycles. The number of nitrogens with zero attached hydrogens (tertiary/aromatic N) is 3. The number of hydrazone groups is 1. The van der Waals surface area contributed by atoms with Crippen molar-refractivity contribution in [3.8, 4) is 17.6 Å². The van der Waals surface area contributed by atoms with E-state index in [0.29, 0.717) is 29.4 Å². The van der Waals surface area contributed by atoms with Crippen LogP contribution in [0.1, 0.15) is 31.0 Å². The first-order valence-corrected chi connectivity index (χ1v) is 12.5. The number of benzene rings is 2. The number of esters is 1. The summed E-state index contributed by atoms with van der Waals surface area (Å²) in [6.45, 7) is 3.83. The van der Waals surface area contributed by atoms with Crippen LogP contribution in [0.5, 0.6) is 11.5 Å². The fourth-order valence-electron chi connectivity index (χ4n) is 4.40. The molecular weight excluding hydrogens is 516 g/mol. The summed E-state index contributed by atoms with van der Waals surface area (Å²) in [6, 6.07) is 13.6. The van der Waals surface area contributed by atoms with Gasteiger partial charge < -0.3 is 34.5 Å². The summed E-state index contributed by atoms with van der Waals surface area (Å²) in [6.07, 6.45) is 2.25. The van der Waals surface area contributed by atoms with Crippen molar-refractivity contribution < 1.29 is 28.9 Å². The molecule has 0 fully saturated rings. The van der Waals surface area contributed by atoms with E-state index in [0.717, 1.165) is 16.5 Å². The molecule has 1 aromatic heterocycles. The Balaban J connectivity index is 1.45. The lowest BCUT2D eigenvalue weighted by atomic mass is 9.95. The summed E-state index contributed by atoms with van der Waals surface area (Å²) in [5, 5.41) is 29.9. The molecule has 0 saturated carbocycles. The van der Waals surface area contributed by atoms with Crippen LogP contribution in [0, 0.1) is 11.3 Å². The fourth-order valence-corrected chi connectivity index (χ4v) is 4.40. The van der Waals surface area contributed by atoms with Crippen LogP contribution in [-0.4, -0.2) is 54.4 Å². The Morgan fingerprint density at radius 2 is 2.08 bits per heavy atom. The van der Waals surface area contributed by atoms with Gasteiger partial charge in [0.2, 0.25) is 0 Å². The number of allylic oxidation sites excluding steroid dienone is 1. The quantitative estimate of drug-likeness (QED) is 0.124. The lowest BCUT2D eigenvalue weighted by Gasteiger charge is -2.28. The number of rotatable bonds is 11. The summed E-state index contributed by atoms with van der Waals surface area (Å²) >= 11 is 0. The smallest absolute Gasteiger partial charge is 0.337 e. The summed E-state index contributed by atoms with van der Waals surface area (Å²) in [5.41, 5.74) is 5.58. The molecule has 2 atom stereocenters. The number of methoxy groups -OCH3 is 1. The molecule has 0 saturated heterocycles. The number of ether oxygens (including phenoxy) is 3. The van der Waals surface area contributed by atoms with Crippen LogP contribution in [-0.2, 0) is 16.1 Å². The number of nitrogens with one attached hydrogen (secondary N) is 3. The number of urea groups is 1. The highest BCUT2D eigenvalue weighted by Gasteiger charge is 2.32. The zero-order valence-corrected chi connectivity index (χ0v) is 22.3. The van der Waals surface area contributed by atoms with Crippen LogP contribution < -0.4 is 25.5 Å². The highest BCUT2D eigenvalue weighted by atomic mass is 16.5. The van der Waals surface area contributed by atoms with Crippen molar-refractivity contribution in [1.82, 2.24) is 20.6 Å². The van der Waals surface area contributed by atoms with Crippen LogP contribution >= 0.6 is 0 Å². The van der Waals surface area contributed by atoms with Crippen LogP contribution in [0.4, 0.5) is 4.79 Å². The SMILES string of the molecule is CCOc1cc([C@H]2NC(=O)NC(C)=C2C(=O)OC)ccc1OC[C@H](O)N/N=C/c1cn(CC#N)c2ccccc12. The molecule has 0 spiro atoms. The van der Waals surface area contributed by atoms with Crippen molar-refractivity contribution in [2.24, 2.45) is 5.10 Å². The van der Waals surface area contributed by atoms with Gasteiger partial charge in [-0.15, -0.1) is 0 Å². The molecule has 1 aliphatic rings. The van der Waals surface area contributed by atoms with Crippen molar-refractivity contribution >= 4 is 29.1 Å². The van der Waals surface area contributed by atoms with Gasteiger partial charge in [0.05, 0.1) is 37.6 Å². The third-order valence-corrected chi connectivity index (χ3v) is 6.16. The molecule has 0 unspecified atom stereocenters. The maximum Gasteiger partial charge on any atom is 0.337 e. The molecule has 208 valence electrons. The van der Waals surface area contributed by atoms with Gasteiger partial charge in [0.1, 0.15) is 13.2 Å². The molecule has 4 N–H and O–H groups in total. The van der Waals surface area contributed by atoms with Crippen molar-refractivity contribution in [3.63, 3.8) is 0 Å². The Kier molecular flexibility index (Phi) is 8.88. The molecule has 12 heteroatoms. The Morgan fingerprint density at radius 1 is 1.27 bits per heavy atom. The first-order chi connectivity index (χ1) is 19.4. The first-order valence-electron chi connectivity index (χ1n) is 12.5. The minimum absolute atomic E-state index is 0.149. The highest BCUT2D eigenvalue weighted by Crippen LogP contribution is 2.35. The fraction of sp³-hybridized carbons (Fsp3) is 0.286. The average Bonchev–Trinajstić information content (AvgIpc) is 3.29. The number of hydrogen-bond donors (Lipinski definition) is 4. The van der Waals surface area contributed by atoms with Crippen LogP contribution in [0.15, 0.2) is 65.0 Å². The number of fused-ring (bicyclic) bond motifs is 1. The van der Waals surface area contributed by atoms with E-state index in [1.54, 1.807) is 31.3 Å². The molecular formula is C28H30N6O6. The largest absolute Gasteiger partial charge is 0.490 e. The van der Waals surface area contributed by atoms with E-state index in [2.05, 4.69) is 27.2 Å². The minimum atomic E-state index is -1.14. The van der Waals surface area contributed by atoms with Crippen molar-refractivity contribution in [3.05, 3.63) is 71.1 Å². The number of aromatic nitrogens is 1. The maximum atomic E-state index is 12.4. The van der Waals surface area contributed by atoms with Gasteiger partial charge in [-0.2, -0.15) is 10.4 Å². The van der Waals surface area contributed by atoms with Crippen molar-refractivity contribution in [2.45, 2.75) is 32.7 Å². The second-order valence-corrected chi connectivity index (χ2v) is 8.80. The molecule has 2 heterocycles. The van der Waals surface area contributed by atoms with Crippen molar-refractivity contribution in [1.29, 1.82) is 5.26 Å². The zero-order chi connectivity index (χ0) is 28.6. The predicted molar refractivity (Wildman–Crippen MR) is 147 cm³/mol. The number of carbonyl (C=O) groups excluding carboxylic acids is 2. The number of carbonyl (C=O) groups is 2. The Hall–Kier alpha value is -5.02. The third-order valence-electron chi connectivity index (χ3n) is 6.16. The Labute approximate surface area is 230 Å². The number of nitriles is 1. The lowest BCUT2D eigenvalue weighted by molar-refractivity contribution is -0.136. The van der Waals surface area contributed by atoms with E-state index in [4.69, 9.17) is 19.5 Å². The number of amides is 2. The van der Waals surface area contributed by atoms with Gasteiger partial charge in [-0.05, 0) is 37.6 Å². The third kappa shape index (κ3) is 6.16. The molecule has 3 aromatic rings. The van der Waals surface area contributed by atoms with E-state index in [1.165, 1.54) is 7.11 Å². The molecule has 4 rings (SSSR count). The first kappa shape index (κ1) is 28.0. The van der Waals surface area contributed by atoms with E-state index >= 15 is 0 Å². The lowest BCUT2D eigenvalue weighted by Crippen LogP contribution is -2.45. The summed E-state index contributed by atoms with van der Waals surface area (Å²) < 4.78 is 18.3. The monoisotopic (exact) mass is 546 g/mol. The van der Waals surface area contributed by atoms with E-state index in [1.807, 2.05) is 42.0 Å². The maximum absolute atomic E-state index is 12.4.